The van der Waals surface area contributed by atoms with Gasteiger partial charge in [-0.3, -0.25) is 4.79 Å². The third-order valence-corrected chi connectivity index (χ3v) is 7.01. The Bertz CT molecular complexity index is 1050. The molecule has 1 aromatic heterocycles. The van der Waals surface area contributed by atoms with Crippen molar-refractivity contribution in [3.05, 3.63) is 47.7 Å². The molecule has 0 spiro atoms. The lowest BCUT2D eigenvalue weighted by molar-refractivity contribution is -0.176. The van der Waals surface area contributed by atoms with Crippen LogP contribution in [0, 0.1) is 11.8 Å². The van der Waals surface area contributed by atoms with E-state index >= 15 is 0 Å². The number of carboxylic acid groups (broad SMARTS) is 1. The number of ether oxygens (including phenoxy) is 3. The third kappa shape index (κ3) is 7.99. The Morgan fingerprint density at radius 1 is 1.16 bits per heavy atom. The van der Waals surface area contributed by atoms with Crippen molar-refractivity contribution in [2.75, 3.05) is 38.3 Å². The second-order valence-corrected chi connectivity index (χ2v) is 9.81. The molecule has 1 saturated carbocycles. The van der Waals surface area contributed by atoms with Crippen LogP contribution in [0.15, 0.2) is 36.5 Å². The highest BCUT2D eigenvalue weighted by atomic mass is 19.4. The first-order chi connectivity index (χ1) is 17.7. The van der Waals surface area contributed by atoms with Crippen molar-refractivity contribution >= 4 is 11.7 Å². The fraction of sp³-hybridized carbons (Fsp3) is 0.556. The number of nitrogens with zero attached hydrogens (tertiary/aromatic N) is 2. The minimum Gasteiger partial charge on any atom is -0.497 e. The molecule has 1 saturated heterocycles. The predicted octanol–water partition coefficient (Wildman–Crippen LogP) is 5.43. The van der Waals surface area contributed by atoms with E-state index in [9.17, 15) is 23.1 Å². The summed E-state index contributed by atoms with van der Waals surface area (Å²) in [5, 5.41) is 9.28. The van der Waals surface area contributed by atoms with Crippen molar-refractivity contribution in [1.29, 1.82) is 0 Å². The van der Waals surface area contributed by atoms with Crippen LogP contribution in [0.3, 0.4) is 0 Å². The zero-order valence-electron chi connectivity index (χ0n) is 20.9. The van der Waals surface area contributed by atoms with Gasteiger partial charge in [-0.15, -0.1) is 0 Å². The van der Waals surface area contributed by atoms with Gasteiger partial charge in [0.25, 0.3) is 0 Å². The SMILES string of the molecule is COc1ccc(COCC(F)(F)F)c(N2CCC(COc3cc(C(CC(=O)O)C4CC4)ccn3)CC2)c1. The van der Waals surface area contributed by atoms with Crippen molar-refractivity contribution in [1.82, 2.24) is 4.98 Å². The molecule has 202 valence electrons. The molecule has 4 rings (SSSR count). The van der Waals surface area contributed by atoms with Crippen LogP contribution in [0.2, 0.25) is 0 Å². The van der Waals surface area contributed by atoms with E-state index in [1.54, 1.807) is 25.4 Å². The second kappa shape index (κ2) is 12.0. The summed E-state index contributed by atoms with van der Waals surface area (Å²) in [5.74, 6) is 1.05. The zero-order chi connectivity index (χ0) is 26.4. The van der Waals surface area contributed by atoms with E-state index in [4.69, 9.17) is 14.2 Å². The van der Waals surface area contributed by atoms with Crippen LogP contribution in [-0.2, 0) is 16.1 Å². The number of aliphatic carboxylic acids is 1. The number of carbonyl (C=O) groups is 1. The maximum absolute atomic E-state index is 12.5. The van der Waals surface area contributed by atoms with Crippen LogP contribution in [0.5, 0.6) is 11.6 Å². The maximum Gasteiger partial charge on any atom is 0.411 e. The Morgan fingerprint density at radius 3 is 2.57 bits per heavy atom. The molecule has 1 aliphatic carbocycles. The van der Waals surface area contributed by atoms with Crippen molar-refractivity contribution in [2.45, 2.75) is 50.8 Å². The van der Waals surface area contributed by atoms with Crippen LogP contribution in [0.25, 0.3) is 0 Å². The second-order valence-electron chi connectivity index (χ2n) is 9.81. The normalized spacial score (nSPS) is 17.5. The number of hydrogen-bond acceptors (Lipinski definition) is 6. The molecule has 0 bridgehead atoms. The van der Waals surface area contributed by atoms with E-state index in [1.807, 2.05) is 18.2 Å². The predicted molar refractivity (Wildman–Crippen MR) is 131 cm³/mol. The molecular weight excluding hydrogens is 489 g/mol. The van der Waals surface area contributed by atoms with E-state index in [-0.39, 0.29) is 18.9 Å². The molecular formula is C27H33F3N2O5. The molecule has 2 heterocycles. The quantitative estimate of drug-likeness (QED) is 0.398. The van der Waals surface area contributed by atoms with E-state index in [2.05, 4.69) is 9.88 Å². The number of benzene rings is 1. The van der Waals surface area contributed by atoms with Gasteiger partial charge < -0.3 is 24.2 Å². The van der Waals surface area contributed by atoms with Crippen LogP contribution in [0.4, 0.5) is 18.9 Å². The fourth-order valence-electron chi connectivity index (χ4n) is 4.89. The lowest BCUT2D eigenvalue weighted by atomic mass is 9.92. The maximum atomic E-state index is 12.5. The van der Waals surface area contributed by atoms with Crippen molar-refractivity contribution in [3.63, 3.8) is 0 Å². The minimum absolute atomic E-state index is 0.0109. The number of pyridine rings is 1. The number of alkyl halides is 3. The fourth-order valence-corrected chi connectivity index (χ4v) is 4.89. The van der Waals surface area contributed by atoms with Gasteiger partial charge in [-0.1, -0.05) is 6.07 Å². The number of halogens is 3. The van der Waals surface area contributed by atoms with Crippen molar-refractivity contribution in [2.24, 2.45) is 11.8 Å². The largest absolute Gasteiger partial charge is 0.497 e. The molecule has 1 N–H and O–H groups in total. The number of methoxy groups -OCH3 is 1. The van der Waals surface area contributed by atoms with E-state index in [0.29, 0.717) is 35.6 Å². The summed E-state index contributed by atoms with van der Waals surface area (Å²) < 4.78 is 53.8. The highest BCUT2D eigenvalue weighted by Gasteiger charge is 2.34. The Morgan fingerprint density at radius 2 is 1.92 bits per heavy atom. The molecule has 1 aliphatic heterocycles. The Hall–Kier alpha value is -3.01. The molecule has 1 aromatic carbocycles. The van der Waals surface area contributed by atoms with Crippen LogP contribution < -0.4 is 14.4 Å². The van der Waals surface area contributed by atoms with E-state index in [0.717, 1.165) is 50.0 Å². The van der Waals surface area contributed by atoms with Gasteiger partial charge in [-0.25, -0.2) is 4.98 Å². The summed E-state index contributed by atoms with van der Waals surface area (Å²) in [6.45, 7) is 0.530. The summed E-state index contributed by atoms with van der Waals surface area (Å²) >= 11 is 0. The Balaban J connectivity index is 1.32. The summed E-state index contributed by atoms with van der Waals surface area (Å²) in [7, 11) is 1.56. The first-order valence-corrected chi connectivity index (χ1v) is 12.6. The molecule has 10 heteroatoms. The van der Waals surface area contributed by atoms with Gasteiger partial charge in [0.1, 0.15) is 12.4 Å². The topological polar surface area (TPSA) is 81.1 Å². The lowest BCUT2D eigenvalue weighted by Gasteiger charge is -2.34. The lowest BCUT2D eigenvalue weighted by Crippen LogP contribution is -2.36. The monoisotopic (exact) mass is 522 g/mol. The van der Waals surface area contributed by atoms with Gasteiger partial charge in [0.2, 0.25) is 5.88 Å². The number of anilines is 1. The summed E-state index contributed by atoms with van der Waals surface area (Å²) in [4.78, 5) is 17.8. The number of rotatable bonds is 12. The Kier molecular flexibility index (Phi) is 8.79. The molecule has 2 aliphatic rings. The molecule has 0 radical (unpaired) electrons. The number of aromatic nitrogens is 1. The van der Waals surface area contributed by atoms with Crippen LogP contribution in [-0.4, -0.2) is 55.6 Å². The number of carboxylic acids is 1. The smallest absolute Gasteiger partial charge is 0.411 e. The van der Waals surface area contributed by atoms with E-state index in [1.165, 1.54) is 0 Å². The molecule has 0 amide bonds. The molecule has 2 fully saturated rings. The summed E-state index contributed by atoms with van der Waals surface area (Å²) in [6, 6.07) is 9.05. The number of hydrogen-bond donors (Lipinski definition) is 1. The molecule has 1 atom stereocenters. The summed E-state index contributed by atoms with van der Waals surface area (Å²) in [5.41, 5.74) is 2.47. The van der Waals surface area contributed by atoms with Gasteiger partial charge in [-0.05, 0) is 61.1 Å². The average Bonchev–Trinajstić information content (AvgIpc) is 3.71. The van der Waals surface area contributed by atoms with Gasteiger partial charge in [0, 0.05) is 42.7 Å². The van der Waals surface area contributed by atoms with Gasteiger partial charge >= 0.3 is 12.1 Å². The minimum atomic E-state index is -4.37. The molecule has 2 aromatic rings. The zero-order valence-corrected chi connectivity index (χ0v) is 20.9. The standard InChI is InChI=1S/C27H33F3N2O5/c1-35-22-5-4-21(16-36-17-27(28,29)30)24(13-22)32-10-7-18(8-11-32)15-37-25-12-20(6-9-31-25)23(14-26(33)34)19-2-3-19/h4-6,9,12-13,18-19,23H,2-3,7-8,10-11,14-17H2,1H3,(H,33,34). The third-order valence-electron chi connectivity index (χ3n) is 7.01. The summed E-state index contributed by atoms with van der Waals surface area (Å²) in [6.07, 6.45) is 1.23. The van der Waals surface area contributed by atoms with Gasteiger partial charge in [0.15, 0.2) is 0 Å². The Labute approximate surface area is 214 Å². The van der Waals surface area contributed by atoms with Gasteiger partial charge in [0.05, 0.1) is 26.7 Å². The number of piperidine rings is 1. The highest BCUT2D eigenvalue weighted by molar-refractivity contribution is 5.68. The van der Waals surface area contributed by atoms with Crippen molar-refractivity contribution in [3.8, 4) is 11.6 Å². The van der Waals surface area contributed by atoms with Gasteiger partial charge in [-0.2, -0.15) is 13.2 Å². The van der Waals surface area contributed by atoms with E-state index < -0.39 is 18.8 Å². The molecule has 37 heavy (non-hydrogen) atoms. The van der Waals surface area contributed by atoms with Crippen molar-refractivity contribution < 1.29 is 37.3 Å². The van der Waals surface area contributed by atoms with Crippen LogP contribution in [0.1, 0.15) is 49.1 Å². The first-order valence-electron chi connectivity index (χ1n) is 12.6. The molecule has 7 nitrogen and oxygen atoms in total. The highest BCUT2D eigenvalue weighted by Crippen LogP contribution is 2.45. The molecule has 1 unspecified atom stereocenters. The average molecular weight is 523 g/mol. The first kappa shape index (κ1) is 27.0. The van der Waals surface area contributed by atoms with Crippen LogP contribution >= 0.6 is 0 Å².